The zero-order valence-corrected chi connectivity index (χ0v) is 11.5. The van der Waals surface area contributed by atoms with Crippen molar-refractivity contribution >= 4 is 16.5 Å². The van der Waals surface area contributed by atoms with Gasteiger partial charge in [-0.25, -0.2) is 4.98 Å². The van der Waals surface area contributed by atoms with Gasteiger partial charge in [-0.15, -0.1) is 0 Å². The van der Waals surface area contributed by atoms with Crippen molar-refractivity contribution in [2.24, 2.45) is 0 Å². The number of aromatic nitrogens is 1. The highest BCUT2D eigenvalue weighted by Gasteiger charge is 2.08. The maximum Gasteiger partial charge on any atom is 0.183 e. The van der Waals surface area contributed by atoms with Crippen LogP contribution in [0.25, 0.3) is 10.4 Å². The molecule has 0 atom stereocenters. The molecule has 1 heterocycles. The summed E-state index contributed by atoms with van der Waals surface area (Å²) in [4.78, 5) is 5.42. The van der Waals surface area contributed by atoms with E-state index in [0.717, 1.165) is 33.6 Å². The van der Waals surface area contributed by atoms with Crippen LogP contribution in [0.5, 0.6) is 11.5 Å². The molecule has 0 aliphatic rings. The number of thiazole rings is 1. The van der Waals surface area contributed by atoms with E-state index in [4.69, 9.17) is 9.47 Å². The fraction of sp³-hybridized carbons (Fsp3) is 0.308. The number of benzene rings is 1. The first-order chi connectivity index (χ1) is 8.78. The molecule has 1 aromatic carbocycles. The van der Waals surface area contributed by atoms with Crippen molar-refractivity contribution in [2.75, 3.05) is 26.1 Å². The van der Waals surface area contributed by atoms with E-state index in [0.29, 0.717) is 0 Å². The van der Waals surface area contributed by atoms with Gasteiger partial charge < -0.3 is 14.8 Å². The molecular weight excluding hydrogens is 248 g/mol. The van der Waals surface area contributed by atoms with E-state index in [1.807, 2.05) is 24.4 Å². The lowest BCUT2D eigenvalue weighted by atomic mass is 10.2. The highest BCUT2D eigenvalue weighted by atomic mass is 32.1. The molecule has 1 N–H and O–H groups in total. The van der Waals surface area contributed by atoms with Crippen molar-refractivity contribution in [3.63, 3.8) is 0 Å². The Balaban J connectivity index is 2.31. The van der Waals surface area contributed by atoms with Gasteiger partial charge >= 0.3 is 0 Å². The summed E-state index contributed by atoms with van der Waals surface area (Å²) in [7, 11) is 3.27. The highest BCUT2D eigenvalue weighted by Crippen LogP contribution is 2.35. The monoisotopic (exact) mass is 264 g/mol. The van der Waals surface area contributed by atoms with Gasteiger partial charge in [0.05, 0.1) is 19.1 Å². The SMILES string of the molecule is CCNc1ncc(-c2ccc(OC)c(OC)c2)s1. The molecule has 0 aliphatic carbocycles. The zero-order chi connectivity index (χ0) is 13.0. The minimum Gasteiger partial charge on any atom is -0.493 e. The first-order valence-electron chi connectivity index (χ1n) is 5.70. The molecule has 0 aliphatic heterocycles. The van der Waals surface area contributed by atoms with Gasteiger partial charge in [0.25, 0.3) is 0 Å². The largest absolute Gasteiger partial charge is 0.493 e. The molecular formula is C13H16N2O2S. The van der Waals surface area contributed by atoms with Gasteiger partial charge in [0, 0.05) is 12.7 Å². The fourth-order valence-corrected chi connectivity index (χ4v) is 2.51. The summed E-state index contributed by atoms with van der Waals surface area (Å²) in [5, 5.41) is 4.13. The van der Waals surface area contributed by atoms with Crippen molar-refractivity contribution in [2.45, 2.75) is 6.92 Å². The third-order valence-corrected chi connectivity index (χ3v) is 3.51. The van der Waals surface area contributed by atoms with Gasteiger partial charge in [-0.3, -0.25) is 0 Å². The minimum atomic E-state index is 0.730. The van der Waals surface area contributed by atoms with Gasteiger partial charge in [-0.1, -0.05) is 11.3 Å². The van der Waals surface area contributed by atoms with Gasteiger partial charge in [0.1, 0.15) is 0 Å². The first-order valence-corrected chi connectivity index (χ1v) is 6.52. The molecule has 2 aromatic rings. The van der Waals surface area contributed by atoms with E-state index in [1.54, 1.807) is 25.6 Å². The van der Waals surface area contributed by atoms with E-state index in [1.165, 1.54) is 0 Å². The molecule has 1 aromatic heterocycles. The summed E-state index contributed by atoms with van der Waals surface area (Å²) in [5.41, 5.74) is 1.08. The predicted octanol–water partition coefficient (Wildman–Crippen LogP) is 3.26. The van der Waals surface area contributed by atoms with E-state index < -0.39 is 0 Å². The van der Waals surface area contributed by atoms with Crippen molar-refractivity contribution in [1.82, 2.24) is 4.98 Å². The summed E-state index contributed by atoms with van der Waals surface area (Å²) in [6.45, 7) is 2.93. The number of hydrogen-bond donors (Lipinski definition) is 1. The Bertz CT molecular complexity index is 525. The van der Waals surface area contributed by atoms with Crippen LogP contribution in [0.15, 0.2) is 24.4 Å². The third kappa shape index (κ3) is 2.56. The first kappa shape index (κ1) is 12.7. The Morgan fingerprint density at radius 3 is 2.67 bits per heavy atom. The Morgan fingerprint density at radius 2 is 2.00 bits per heavy atom. The van der Waals surface area contributed by atoms with Crippen LogP contribution < -0.4 is 14.8 Å². The average molecular weight is 264 g/mol. The molecule has 96 valence electrons. The van der Waals surface area contributed by atoms with Crippen LogP contribution in [0.3, 0.4) is 0 Å². The number of rotatable bonds is 5. The van der Waals surface area contributed by atoms with E-state index in [-0.39, 0.29) is 0 Å². The molecule has 0 saturated carbocycles. The number of nitrogens with one attached hydrogen (secondary N) is 1. The summed E-state index contributed by atoms with van der Waals surface area (Å²) >= 11 is 1.62. The Morgan fingerprint density at radius 1 is 1.22 bits per heavy atom. The highest BCUT2D eigenvalue weighted by molar-refractivity contribution is 7.18. The molecule has 0 fully saturated rings. The lowest BCUT2D eigenvalue weighted by Crippen LogP contribution is -1.94. The lowest BCUT2D eigenvalue weighted by Gasteiger charge is -2.08. The van der Waals surface area contributed by atoms with Crippen molar-refractivity contribution in [3.05, 3.63) is 24.4 Å². The molecule has 0 unspecified atom stereocenters. The molecule has 0 saturated heterocycles. The van der Waals surface area contributed by atoms with E-state index in [2.05, 4.69) is 17.2 Å². The van der Waals surface area contributed by atoms with Gasteiger partial charge in [0.2, 0.25) is 0 Å². The van der Waals surface area contributed by atoms with Crippen LogP contribution in [0.4, 0.5) is 5.13 Å². The molecule has 0 radical (unpaired) electrons. The molecule has 0 bridgehead atoms. The standard InChI is InChI=1S/C13H16N2O2S/c1-4-14-13-15-8-12(18-13)9-5-6-10(16-2)11(7-9)17-3/h5-8H,4H2,1-3H3,(H,14,15). The lowest BCUT2D eigenvalue weighted by molar-refractivity contribution is 0.355. The second-order valence-electron chi connectivity index (χ2n) is 3.63. The summed E-state index contributed by atoms with van der Waals surface area (Å²) < 4.78 is 10.5. The summed E-state index contributed by atoms with van der Waals surface area (Å²) in [5.74, 6) is 1.46. The maximum absolute atomic E-state index is 5.30. The zero-order valence-electron chi connectivity index (χ0n) is 10.7. The Hall–Kier alpha value is -1.75. The van der Waals surface area contributed by atoms with Crippen LogP contribution in [-0.4, -0.2) is 25.7 Å². The minimum absolute atomic E-state index is 0.730. The van der Waals surface area contributed by atoms with Crippen molar-refractivity contribution in [1.29, 1.82) is 0 Å². The quantitative estimate of drug-likeness (QED) is 0.900. The number of methoxy groups -OCH3 is 2. The van der Waals surface area contributed by atoms with Crippen LogP contribution in [0, 0.1) is 0 Å². The maximum atomic E-state index is 5.30. The predicted molar refractivity (Wildman–Crippen MR) is 74.8 cm³/mol. The Kier molecular flexibility index (Phi) is 4.04. The average Bonchev–Trinajstić information content (AvgIpc) is 2.87. The van der Waals surface area contributed by atoms with Crippen LogP contribution in [0.1, 0.15) is 6.92 Å². The number of hydrogen-bond acceptors (Lipinski definition) is 5. The molecule has 0 spiro atoms. The summed E-state index contributed by atoms with van der Waals surface area (Å²) in [6, 6.07) is 5.87. The van der Waals surface area contributed by atoms with Crippen molar-refractivity contribution < 1.29 is 9.47 Å². The normalized spacial score (nSPS) is 10.2. The second-order valence-corrected chi connectivity index (χ2v) is 4.66. The fourth-order valence-electron chi connectivity index (χ4n) is 1.63. The molecule has 4 nitrogen and oxygen atoms in total. The van der Waals surface area contributed by atoms with Crippen LogP contribution >= 0.6 is 11.3 Å². The van der Waals surface area contributed by atoms with Gasteiger partial charge in [-0.05, 0) is 30.7 Å². The van der Waals surface area contributed by atoms with Crippen LogP contribution in [0.2, 0.25) is 0 Å². The van der Waals surface area contributed by atoms with E-state index in [9.17, 15) is 0 Å². The van der Waals surface area contributed by atoms with Gasteiger partial charge in [-0.2, -0.15) is 0 Å². The molecule has 5 heteroatoms. The van der Waals surface area contributed by atoms with E-state index >= 15 is 0 Å². The van der Waals surface area contributed by atoms with Gasteiger partial charge in [0.15, 0.2) is 16.6 Å². The number of nitrogens with zero attached hydrogens (tertiary/aromatic N) is 1. The molecule has 18 heavy (non-hydrogen) atoms. The topological polar surface area (TPSA) is 43.4 Å². The third-order valence-electron chi connectivity index (χ3n) is 2.50. The molecule has 2 rings (SSSR count). The number of ether oxygens (including phenoxy) is 2. The van der Waals surface area contributed by atoms with Crippen molar-refractivity contribution in [3.8, 4) is 21.9 Å². The van der Waals surface area contributed by atoms with Crippen LogP contribution in [-0.2, 0) is 0 Å². The Labute approximate surface area is 111 Å². The smallest absolute Gasteiger partial charge is 0.183 e. The summed E-state index contributed by atoms with van der Waals surface area (Å²) in [6.07, 6.45) is 1.86. The second kappa shape index (κ2) is 5.73. The molecule has 0 amide bonds. The number of anilines is 1.